The Morgan fingerprint density at radius 3 is 2.95 bits per heavy atom. The van der Waals surface area contributed by atoms with Crippen molar-refractivity contribution < 1.29 is 13.2 Å². The van der Waals surface area contributed by atoms with Crippen LogP contribution in [0.4, 0.5) is 0 Å². The van der Waals surface area contributed by atoms with Crippen molar-refractivity contribution in [2.24, 2.45) is 5.92 Å². The minimum atomic E-state index is -3.49. The summed E-state index contributed by atoms with van der Waals surface area (Å²) in [6.45, 7) is 3.89. The first-order chi connectivity index (χ1) is 9.44. The monoisotopic (exact) mass is 382 g/mol. The Morgan fingerprint density at radius 2 is 2.35 bits per heavy atom. The number of hydrogen-bond donors (Lipinski definition) is 2. The number of nitrogens with one attached hydrogen (secondary N) is 2. The summed E-state index contributed by atoms with van der Waals surface area (Å²) in [5.41, 5.74) is 0. The van der Waals surface area contributed by atoms with Crippen LogP contribution >= 0.6 is 27.3 Å². The fourth-order valence-electron chi connectivity index (χ4n) is 2.19. The molecule has 2 atom stereocenters. The molecule has 1 aromatic heterocycles. The molecule has 0 radical (unpaired) electrons. The highest BCUT2D eigenvalue weighted by Gasteiger charge is 2.28. The van der Waals surface area contributed by atoms with Gasteiger partial charge >= 0.3 is 0 Å². The second kappa shape index (κ2) is 6.85. The van der Waals surface area contributed by atoms with Crippen LogP contribution in [0.2, 0.25) is 0 Å². The summed E-state index contributed by atoms with van der Waals surface area (Å²) in [7, 11) is -1.66. The third-order valence-corrected chi connectivity index (χ3v) is 7.17. The first kappa shape index (κ1) is 16.4. The van der Waals surface area contributed by atoms with Gasteiger partial charge < -0.3 is 10.1 Å². The van der Waals surface area contributed by atoms with E-state index < -0.39 is 10.0 Å². The van der Waals surface area contributed by atoms with E-state index in [4.69, 9.17) is 4.74 Å². The Kier molecular flexibility index (Phi) is 5.61. The third kappa shape index (κ3) is 3.80. The summed E-state index contributed by atoms with van der Waals surface area (Å²) in [6.07, 6.45) is 0.902. The molecule has 0 amide bonds. The van der Waals surface area contributed by atoms with Crippen LogP contribution in [-0.4, -0.2) is 34.7 Å². The number of halogens is 1. The van der Waals surface area contributed by atoms with Gasteiger partial charge in [0.25, 0.3) is 0 Å². The number of ether oxygens (including phenoxy) is 1. The van der Waals surface area contributed by atoms with Gasteiger partial charge in [0.05, 0.1) is 10.4 Å². The largest absolute Gasteiger partial charge is 0.381 e. The Balaban J connectivity index is 2.13. The maximum atomic E-state index is 12.4. The second-order valence-electron chi connectivity index (χ2n) is 4.91. The van der Waals surface area contributed by atoms with Gasteiger partial charge in [-0.05, 0) is 42.4 Å². The standard InChI is InChI=1S/C12H19BrN2O3S2/c1-8(9-3-4-18-7-9)15-20(16,17)11-5-10(6-14-2)19-12(11)13/h5,8-9,14-15H,3-4,6-7H2,1-2H3. The molecule has 2 unspecified atom stereocenters. The van der Waals surface area contributed by atoms with Gasteiger partial charge in [-0.15, -0.1) is 11.3 Å². The lowest BCUT2D eigenvalue weighted by molar-refractivity contribution is 0.180. The van der Waals surface area contributed by atoms with Crippen molar-refractivity contribution in [2.45, 2.75) is 30.8 Å². The van der Waals surface area contributed by atoms with E-state index in [1.807, 2.05) is 14.0 Å². The Morgan fingerprint density at radius 1 is 1.60 bits per heavy atom. The molecule has 5 nitrogen and oxygen atoms in total. The predicted molar refractivity (Wildman–Crippen MR) is 83.5 cm³/mol. The van der Waals surface area contributed by atoms with Crippen molar-refractivity contribution in [1.29, 1.82) is 0 Å². The Labute approximate surface area is 132 Å². The van der Waals surface area contributed by atoms with E-state index in [1.54, 1.807) is 6.07 Å². The van der Waals surface area contributed by atoms with Crippen LogP contribution < -0.4 is 10.0 Å². The van der Waals surface area contributed by atoms with E-state index >= 15 is 0 Å². The van der Waals surface area contributed by atoms with Crippen molar-refractivity contribution in [2.75, 3.05) is 20.3 Å². The first-order valence-corrected chi connectivity index (χ1v) is 9.56. The van der Waals surface area contributed by atoms with Gasteiger partial charge in [-0.3, -0.25) is 0 Å². The molecular weight excluding hydrogens is 364 g/mol. The highest BCUT2D eigenvalue weighted by Crippen LogP contribution is 2.32. The Bertz CT molecular complexity index is 553. The highest BCUT2D eigenvalue weighted by molar-refractivity contribution is 9.11. The summed E-state index contributed by atoms with van der Waals surface area (Å²) in [5, 5.41) is 3.02. The number of hydrogen-bond acceptors (Lipinski definition) is 5. The van der Waals surface area contributed by atoms with E-state index in [0.29, 0.717) is 28.4 Å². The lowest BCUT2D eigenvalue weighted by atomic mass is 10.0. The van der Waals surface area contributed by atoms with Crippen LogP contribution in [0, 0.1) is 5.92 Å². The zero-order valence-corrected chi connectivity index (χ0v) is 14.7. The van der Waals surface area contributed by atoms with Crippen LogP contribution in [0.5, 0.6) is 0 Å². The molecule has 1 fully saturated rings. The molecule has 2 N–H and O–H groups in total. The van der Waals surface area contributed by atoms with Crippen molar-refractivity contribution in [3.8, 4) is 0 Å². The summed E-state index contributed by atoms with van der Waals surface area (Å²) in [5.74, 6) is 0.249. The van der Waals surface area contributed by atoms with Gasteiger partial charge in [0, 0.05) is 30.0 Å². The highest BCUT2D eigenvalue weighted by atomic mass is 79.9. The lowest BCUT2D eigenvalue weighted by Crippen LogP contribution is -2.38. The van der Waals surface area contributed by atoms with Crippen molar-refractivity contribution in [1.82, 2.24) is 10.0 Å². The fourth-order valence-corrected chi connectivity index (χ4v) is 6.20. The summed E-state index contributed by atoms with van der Waals surface area (Å²) >= 11 is 4.78. The molecule has 0 bridgehead atoms. The van der Waals surface area contributed by atoms with Crippen LogP contribution in [0.15, 0.2) is 14.7 Å². The molecule has 2 heterocycles. The summed E-state index contributed by atoms with van der Waals surface area (Å²) < 4.78 is 33.6. The number of rotatable bonds is 6. The third-order valence-electron chi connectivity index (χ3n) is 3.36. The zero-order valence-electron chi connectivity index (χ0n) is 11.5. The van der Waals surface area contributed by atoms with E-state index in [-0.39, 0.29) is 12.0 Å². The zero-order chi connectivity index (χ0) is 14.8. The lowest BCUT2D eigenvalue weighted by Gasteiger charge is -2.18. The Hall–Kier alpha value is 0.01000. The van der Waals surface area contributed by atoms with Crippen molar-refractivity contribution >= 4 is 37.3 Å². The van der Waals surface area contributed by atoms with Crippen LogP contribution in [0.1, 0.15) is 18.2 Å². The maximum absolute atomic E-state index is 12.4. The molecule has 1 aliphatic heterocycles. The summed E-state index contributed by atoms with van der Waals surface area (Å²) in [6, 6.07) is 1.59. The molecule has 0 spiro atoms. The minimum absolute atomic E-state index is 0.123. The summed E-state index contributed by atoms with van der Waals surface area (Å²) in [4.78, 5) is 1.30. The van der Waals surface area contributed by atoms with Crippen LogP contribution in [-0.2, 0) is 21.3 Å². The molecule has 114 valence electrons. The van der Waals surface area contributed by atoms with Crippen molar-refractivity contribution in [3.05, 3.63) is 14.7 Å². The molecule has 0 saturated carbocycles. The molecule has 20 heavy (non-hydrogen) atoms. The molecule has 1 aromatic rings. The first-order valence-electron chi connectivity index (χ1n) is 6.47. The predicted octanol–water partition coefficient (Wildman–Crippen LogP) is 1.93. The van der Waals surface area contributed by atoms with Gasteiger partial charge in [0.2, 0.25) is 10.0 Å². The van der Waals surface area contributed by atoms with Crippen molar-refractivity contribution in [3.63, 3.8) is 0 Å². The van der Waals surface area contributed by atoms with Gasteiger partial charge in [0.15, 0.2) is 0 Å². The van der Waals surface area contributed by atoms with Crippen LogP contribution in [0.3, 0.4) is 0 Å². The van der Waals surface area contributed by atoms with E-state index in [0.717, 1.165) is 11.3 Å². The average molecular weight is 383 g/mol. The van der Waals surface area contributed by atoms with Crippen LogP contribution in [0.25, 0.3) is 0 Å². The van der Waals surface area contributed by atoms with E-state index in [9.17, 15) is 8.42 Å². The molecular formula is C12H19BrN2O3S2. The normalized spacial score (nSPS) is 21.2. The quantitative estimate of drug-likeness (QED) is 0.788. The van der Waals surface area contributed by atoms with Gasteiger partial charge in [-0.25, -0.2) is 13.1 Å². The fraction of sp³-hybridized carbons (Fsp3) is 0.667. The SMILES string of the molecule is CNCc1cc(S(=O)(=O)NC(C)C2CCOC2)c(Br)s1. The smallest absolute Gasteiger partial charge is 0.242 e. The average Bonchev–Trinajstić information content (AvgIpc) is 2.98. The van der Waals surface area contributed by atoms with E-state index in [1.165, 1.54) is 11.3 Å². The van der Waals surface area contributed by atoms with E-state index in [2.05, 4.69) is 26.0 Å². The molecule has 2 rings (SSSR count). The molecule has 0 aromatic carbocycles. The molecule has 8 heteroatoms. The topological polar surface area (TPSA) is 67.4 Å². The molecule has 0 aliphatic carbocycles. The molecule has 1 saturated heterocycles. The van der Waals surface area contributed by atoms with Gasteiger partial charge in [-0.1, -0.05) is 0 Å². The van der Waals surface area contributed by atoms with Gasteiger partial charge in [-0.2, -0.15) is 0 Å². The number of thiophene rings is 1. The maximum Gasteiger partial charge on any atom is 0.242 e. The molecule has 1 aliphatic rings. The second-order valence-corrected chi connectivity index (χ2v) is 9.05. The van der Waals surface area contributed by atoms with Gasteiger partial charge in [0.1, 0.15) is 4.90 Å². The minimum Gasteiger partial charge on any atom is -0.381 e. The number of sulfonamides is 1.